The topological polar surface area (TPSA) is 76.1 Å². The van der Waals surface area contributed by atoms with Crippen LogP contribution in [0.5, 0.6) is 0 Å². The number of imide groups is 1. The Morgan fingerprint density at radius 2 is 1.78 bits per heavy atom. The van der Waals surface area contributed by atoms with Gasteiger partial charge in [-0.2, -0.15) is 0 Å². The number of nitrogens with zero attached hydrogens (tertiary/aromatic N) is 1. The van der Waals surface area contributed by atoms with E-state index in [1.807, 2.05) is 0 Å². The zero-order valence-electron chi connectivity index (χ0n) is 10.6. The van der Waals surface area contributed by atoms with Crippen LogP contribution in [0.1, 0.15) is 20.8 Å². The third kappa shape index (κ3) is 6.15. The third-order valence-electron chi connectivity index (χ3n) is 1.77. The summed E-state index contributed by atoms with van der Waals surface area (Å²) in [4.78, 5) is 23.2. The van der Waals surface area contributed by atoms with Gasteiger partial charge in [-0.25, -0.2) is 9.69 Å². The van der Waals surface area contributed by atoms with Crippen molar-refractivity contribution in [2.45, 2.75) is 20.8 Å². The molecular formula is C9H18NO5PS2. The average molecular weight is 315 g/mol. The molecule has 0 radical (unpaired) electrons. The highest BCUT2D eigenvalue weighted by atomic mass is 32.9. The van der Waals surface area contributed by atoms with Crippen LogP contribution in [-0.4, -0.2) is 47.5 Å². The summed E-state index contributed by atoms with van der Waals surface area (Å²) >= 11 is 6.29. The summed E-state index contributed by atoms with van der Waals surface area (Å²) in [5, 5.41) is 8.80. The molecule has 0 atom stereocenters. The molecule has 6 nitrogen and oxygen atoms in total. The molecule has 0 aliphatic carbocycles. The van der Waals surface area contributed by atoms with E-state index < -0.39 is 17.7 Å². The second-order valence-electron chi connectivity index (χ2n) is 2.98. The number of hydrogen-bond acceptors (Lipinski definition) is 6. The van der Waals surface area contributed by atoms with Crippen molar-refractivity contribution in [3.8, 4) is 0 Å². The van der Waals surface area contributed by atoms with Crippen molar-refractivity contribution in [2.75, 3.05) is 25.5 Å². The number of amides is 2. The summed E-state index contributed by atoms with van der Waals surface area (Å²) in [5.74, 6) is -0.569. The summed E-state index contributed by atoms with van der Waals surface area (Å²) in [6.45, 7) is 6.08. The summed E-state index contributed by atoms with van der Waals surface area (Å²) in [5.41, 5.74) is -2.54. The molecule has 0 unspecified atom stereocenters. The molecule has 0 saturated carbocycles. The van der Waals surface area contributed by atoms with Crippen LogP contribution in [0, 0.1) is 0 Å². The minimum atomic E-state index is -2.54. The molecule has 0 aliphatic heterocycles. The Morgan fingerprint density at radius 1 is 1.28 bits per heavy atom. The van der Waals surface area contributed by atoms with Gasteiger partial charge < -0.3 is 14.2 Å². The van der Waals surface area contributed by atoms with Crippen LogP contribution in [0.2, 0.25) is 0 Å². The third-order valence-corrected chi connectivity index (χ3v) is 7.16. The first-order valence-corrected chi connectivity index (χ1v) is 9.70. The lowest BCUT2D eigenvalue weighted by molar-refractivity contribution is -0.126. The van der Waals surface area contributed by atoms with Gasteiger partial charge in [-0.1, -0.05) is 11.4 Å². The molecule has 0 saturated heterocycles. The van der Waals surface area contributed by atoms with E-state index in [0.717, 1.165) is 16.3 Å². The second kappa shape index (κ2) is 8.87. The van der Waals surface area contributed by atoms with Crippen LogP contribution in [0.25, 0.3) is 0 Å². The predicted octanol–water partition coefficient (Wildman–Crippen LogP) is 2.54. The van der Waals surface area contributed by atoms with Crippen LogP contribution in [0.15, 0.2) is 0 Å². The SMILES string of the molecule is CCOP(=S)(OCC)SCC(=O)N(CC)C(=O)O. The van der Waals surface area contributed by atoms with Crippen molar-refractivity contribution >= 4 is 40.9 Å². The van der Waals surface area contributed by atoms with Crippen LogP contribution < -0.4 is 0 Å². The Hall–Kier alpha value is -0.140. The zero-order valence-corrected chi connectivity index (χ0v) is 13.1. The second-order valence-corrected chi connectivity index (χ2v) is 9.29. The number of carbonyl (C=O) groups is 2. The smallest absolute Gasteiger partial charge is 0.414 e. The molecule has 18 heavy (non-hydrogen) atoms. The Bertz CT molecular complexity index is 329. The van der Waals surface area contributed by atoms with Crippen LogP contribution >= 0.6 is 17.1 Å². The van der Waals surface area contributed by atoms with Gasteiger partial charge in [0.25, 0.3) is 0 Å². The molecule has 1 N–H and O–H groups in total. The maximum absolute atomic E-state index is 11.7. The minimum Gasteiger partial charge on any atom is -0.465 e. The summed E-state index contributed by atoms with van der Waals surface area (Å²) in [6, 6.07) is 0. The van der Waals surface area contributed by atoms with Gasteiger partial charge >= 0.3 is 6.09 Å². The molecule has 2 amide bonds. The average Bonchev–Trinajstić information content (AvgIpc) is 2.27. The highest BCUT2D eigenvalue weighted by Gasteiger charge is 2.24. The first kappa shape index (κ1) is 17.9. The first-order valence-electron chi connectivity index (χ1n) is 5.47. The van der Waals surface area contributed by atoms with Crippen molar-refractivity contribution in [3.05, 3.63) is 0 Å². The van der Waals surface area contributed by atoms with E-state index in [4.69, 9.17) is 26.0 Å². The van der Waals surface area contributed by atoms with Gasteiger partial charge in [-0.3, -0.25) is 4.79 Å². The van der Waals surface area contributed by atoms with Gasteiger partial charge in [0.2, 0.25) is 11.6 Å². The highest BCUT2D eigenvalue weighted by Crippen LogP contribution is 2.60. The lowest BCUT2D eigenvalue weighted by atomic mass is 10.5. The summed E-state index contributed by atoms with van der Waals surface area (Å²) in [7, 11) is 0. The van der Waals surface area contributed by atoms with E-state index >= 15 is 0 Å². The number of carbonyl (C=O) groups excluding carboxylic acids is 1. The van der Waals surface area contributed by atoms with Crippen molar-refractivity contribution in [2.24, 2.45) is 0 Å². The van der Waals surface area contributed by atoms with E-state index in [1.165, 1.54) is 0 Å². The predicted molar refractivity (Wildman–Crippen MR) is 75.4 cm³/mol. The normalized spacial score (nSPS) is 11.3. The van der Waals surface area contributed by atoms with E-state index in [-0.39, 0.29) is 12.3 Å². The molecular weight excluding hydrogens is 297 g/mol. The van der Waals surface area contributed by atoms with Crippen molar-refractivity contribution in [3.63, 3.8) is 0 Å². The van der Waals surface area contributed by atoms with E-state index in [9.17, 15) is 9.59 Å². The number of rotatable bonds is 8. The van der Waals surface area contributed by atoms with Crippen molar-refractivity contribution in [1.82, 2.24) is 4.90 Å². The van der Waals surface area contributed by atoms with E-state index in [0.29, 0.717) is 13.2 Å². The van der Waals surface area contributed by atoms with Gasteiger partial charge in [-0.05, 0) is 32.6 Å². The molecule has 0 fully saturated rings. The maximum Gasteiger partial charge on any atom is 0.414 e. The number of carboxylic acid groups (broad SMARTS) is 1. The highest BCUT2D eigenvalue weighted by molar-refractivity contribution is 8.68. The summed E-state index contributed by atoms with van der Waals surface area (Å²) in [6.07, 6.45) is -1.26. The van der Waals surface area contributed by atoms with Gasteiger partial charge in [0.05, 0.1) is 19.0 Å². The molecule has 0 aromatic carbocycles. The quantitative estimate of drug-likeness (QED) is 0.690. The van der Waals surface area contributed by atoms with Gasteiger partial charge in [0.1, 0.15) is 0 Å². The minimum absolute atomic E-state index is 0.0581. The summed E-state index contributed by atoms with van der Waals surface area (Å²) < 4.78 is 10.7. The largest absolute Gasteiger partial charge is 0.465 e. The molecule has 0 spiro atoms. The van der Waals surface area contributed by atoms with Crippen molar-refractivity contribution < 1.29 is 23.7 Å². The standard InChI is InChI=1S/C9H18NO5PS2/c1-4-10(9(12)13)8(11)7-18-16(17,14-5-2)15-6-3/h4-7H2,1-3H3,(H,12,13). The Kier molecular flexibility index (Phi) is 8.81. The fourth-order valence-electron chi connectivity index (χ4n) is 1.06. The molecule has 9 heteroatoms. The molecule has 106 valence electrons. The van der Waals surface area contributed by atoms with Crippen LogP contribution in [0.4, 0.5) is 4.79 Å². The molecule has 0 aromatic rings. The molecule has 0 bridgehead atoms. The molecule has 0 rings (SSSR count). The zero-order chi connectivity index (χ0) is 14.2. The fourth-order valence-corrected chi connectivity index (χ4v) is 5.33. The Balaban J connectivity index is 4.48. The maximum atomic E-state index is 11.7. The molecule has 0 aromatic heterocycles. The Labute approximate surface area is 116 Å². The fraction of sp³-hybridized carbons (Fsp3) is 0.778. The number of hydrogen-bond donors (Lipinski definition) is 1. The van der Waals surface area contributed by atoms with Gasteiger partial charge in [0.15, 0.2) is 0 Å². The lowest BCUT2D eigenvalue weighted by Gasteiger charge is -2.21. The molecule has 0 aliphatic rings. The van der Waals surface area contributed by atoms with Gasteiger partial charge in [-0.15, -0.1) is 0 Å². The lowest BCUT2D eigenvalue weighted by Crippen LogP contribution is -2.36. The van der Waals surface area contributed by atoms with Crippen LogP contribution in [0.3, 0.4) is 0 Å². The first-order chi connectivity index (χ1) is 8.40. The molecule has 0 heterocycles. The monoisotopic (exact) mass is 315 g/mol. The Morgan fingerprint density at radius 3 is 2.11 bits per heavy atom. The van der Waals surface area contributed by atoms with E-state index in [1.54, 1.807) is 20.8 Å². The van der Waals surface area contributed by atoms with Crippen molar-refractivity contribution in [1.29, 1.82) is 0 Å². The van der Waals surface area contributed by atoms with Crippen LogP contribution in [-0.2, 0) is 25.6 Å². The van der Waals surface area contributed by atoms with Gasteiger partial charge in [0, 0.05) is 6.54 Å². The van der Waals surface area contributed by atoms with E-state index in [2.05, 4.69) is 0 Å².